The normalized spacial score (nSPS) is 12.2. The van der Waals surface area contributed by atoms with Crippen LogP contribution in [0.15, 0.2) is 48.5 Å². The molecule has 0 amide bonds. The van der Waals surface area contributed by atoms with Crippen LogP contribution in [0.25, 0.3) is 0 Å². The van der Waals surface area contributed by atoms with Crippen molar-refractivity contribution >= 4 is 11.6 Å². The highest BCUT2D eigenvalue weighted by molar-refractivity contribution is 6.30. The minimum atomic E-state index is 0.246. The summed E-state index contributed by atoms with van der Waals surface area (Å²) >= 11 is 5.85. The molecular weight excluding hydrogens is 270 g/mol. The summed E-state index contributed by atoms with van der Waals surface area (Å²) in [4.78, 5) is 0. The monoisotopic (exact) mass is 289 g/mol. The number of rotatable bonds is 6. The van der Waals surface area contributed by atoms with Crippen LogP contribution < -0.4 is 10.5 Å². The van der Waals surface area contributed by atoms with Crippen LogP contribution in [0.5, 0.6) is 5.75 Å². The maximum Gasteiger partial charge on any atom is 0.119 e. The molecule has 1 unspecified atom stereocenters. The fraction of sp³-hybridized carbons (Fsp3) is 0.294. The third-order valence-corrected chi connectivity index (χ3v) is 3.38. The number of benzene rings is 2. The van der Waals surface area contributed by atoms with Gasteiger partial charge in [0.25, 0.3) is 0 Å². The van der Waals surface area contributed by atoms with Gasteiger partial charge in [-0.25, -0.2) is 0 Å². The number of ether oxygens (including phenoxy) is 1. The summed E-state index contributed by atoms with van der Waals surface area (Å²) in [5.74, 6) is 0.879. The van der Waals surface area contributed by atoms with Gasteiger partial charge in [-0.2, -0.15) is 0 Å². The fourth-order valence-electron chi connectivity index (χ4n) is 1.89. The fourth-order valence-corrected chi connectivity index (χ4v) is 2.02. The van der Waals surface area contributed by atoms with E-state index in [0.717, 1.165) is 29.2 Å². The summed E-state index contributed by atoms with van der Waals surface area (Å²) in [7, 11) is 0. The van der Waals surface area contributed by atoms with Gasteiger partial charge in [0.2, 0.25) is 0 Å². The van der Waals surface area contributed by atoms with E-state index < -0.39 is 0 Å². The molecule has 0 aliphatic rings. The van der Waals surface area contributed by atoms with Gasteiger partial charge in [0, 0.05) is 11.1 Å². The first-order valence-corrected chi connectivity index (χ1v) is 7.23. The molecule has 2 aromatic carbocycles. The topological polar surface area (TPSA) is 35.2 Å². The van der Waals surface area contributed by atoms with Crippen LogP contribution in [0.4, 0.5) is 0 Å². The van der Waals surface area contributed by atoms with Crippen molar-refractivity contribution in [1.82, 2.24) is 0 Å². The van der Waals surface area contributed by atoms with E-state index in [-0.39, 0.29) is 6.04 Å². The molecule has 20 heavy (non-hydrogen) atoms. The summed E-state index contributed by atoms with van der Waals surface area (Å²) in [5, 5.41) is 0.743. The van der Waals surface area contributed by atoms with E-state index in [9.17, 15) is 0 Å². The molecular formula is C17H20ClNO. The maximum absolute atomic E-state index is 5.85. The minimum absolute atomic E-state index is 0.246. The third kappa shape index (κ3) is 4.87. The van der Waals surface area contributed by atoms with E-state index in [1.54, 1.807) is 0 Å². The molecule has 0 heterocycles. The van der Waals surface area contributed by atoms with E-state index in [1.807, 2.05) is 43.3 Å². The van der Waals surface area contributed by atoms with E-state index in [1.165, 1.54) is 5.56 Å². The standard InChI is InChI=1S/C17H20ClNO/c1-13(19)2-3-14-6-10-17(11-7-14)20-12-15-4-8-16(18)9-5-15/h4-11,13H,2-3,12,19H2,1H3. The van der Waals surface area contributed by atoms with Crippen molar-refractivity contribution in [2.45, 2.75) is 32.4 Å². The molecule has 3 heteroatoms. The predicted molar refractivity (Wildman–Crippen MR) is 84.2 cm³/mol. The first-order valence-electron chi connectivity index (χ1n) is 6.85. The lowest BCUT2D eigenvalue weighted by Crippen LogP contribution is -2.15. The van der Waals surface area contributed by atoms with E-state index >= 15 is 0 Å². The summed E-state index contributed by atoms with van der Waals surface area (Å²) in [6.07, 6.45) is 2.01. The van der Waals surface area contributed by atoms with Crippen molar-refractivity contribution in [3.63, 3.8) is 0 Å². The Bertz CT molecular complexity index is 520. The Morgan fingerprint density at radius 2 is 1.60 bits per heavy atom. The Hall–Kier alpha value is -1.51. The second kappa shape index (κ2) is 7.32. The molecule has 0 saturated heterocycles. The van der Waals surface area contributed by atoms with Crippen LogP contribution in [0.2, 0.25) is 5.02 Å². The number of hydrogen-bond donors (Lipinski definition) is 1. The first-order chi connectivity index (χ1) is 9.63. The molecule has 0 aliphatic carbocycles. The van der Waals surface area contributed by atoms with Gasteiger partial charge in [-0.3, -0.25) is 0 Å². The van der Waals surface area contributed by atoms with Gasteiger partial charge >= 0.3 is 0 Å². The average Bonchev–Trinajstić information content (AvgIpc) is 2.45. The lowest BCUT2D eigenvalue weighted by molar-refractivity contribution is 0.306. The van der Waals surface area contributed by atoms with Crippen LogP contribution in [0.1, 0.15) is 24.5 Å². The second-order valence-corrected chi connectivity index (χ2v) is 5.51. The quantitative estimate of drug-likeness (QED) is 0.865. The van der Waals surface area contributed by atoms with Crippen molar-refractivity contribution in [3.05, 3.63) is 64.7 Å². The third-order valence-electron chi connectivity index (χ3n) is 3.13. The van der Waals surface area contributed by atoms with Gasteiger partial charge in [0.05, 0.1) is 0 Å². The van der Waals surface area contributed by atoms with Gasteiger partial charge in [-0.15, -0.1) is 0 Å². The molecule has 0 aliphatic heterocycles. The molecule has 0 saturated carbocycles. The smallest absolute Gasteiger partial charge is 0.119 e. The zero-order valence-corrected chi connectivity index (χ0v) is 12.4. The van der Waals surface area contributed by atoms with Gasteiger partial charge in [0.15, 0.2) is 0 Å². The molecule has 2 N–H and O–H groups in total. The number of hydrogen-bond acceptors (Lipinski definition) is 2. The highest BCUT2D eigenvalue weighted by atomic mass is 35.5. The number of aryl methyl sites for hydroxylation is 1. The van der Waals surface area contributed by atoms with Crippen molar-refractivity contribution in [2.75, 3.05) is 0 Å². The molecule has 0 spiro atoms. The van der Waals surface area contributed by atoms with Crippen molar-refractivity contribution in [3.8, 4) is 5.75 Å². The molecule has 2 rings (SSSR count). The first kappa shape index (κ1) is 14.9. The SMILES string of the molecule is CC(N)CCc1ccc(OCc2ccc(Cl)cc2)cc1. The van der Waals surface area contributed by atoms with Crippen molar-refractivity contribution in [1.29, 1.82) is 0 Å². The molecule has 1 atom stereocenters. The lowest BCUT2D eigenvalue weighted by atomic mass is 10.1. The zero-order chi connectivity index (χ0) is 14.4. The van der Waals surface area contributed by atoms with Crippen LogP contribution in [-0.2, 0) is 13.0 Å². The van der Waals surface area contributed by atoms with E-state index in [4.69, 9.17) is 22.1 Å². The molecule has 0 fully saturated rings. The molecule has 2 nitrogen and oxygen atoms in total. The highest BCUT2D eigenvalue weighted by Crippen LogP contribution is 2.16. The van der Waals surface area contributed by atoms with Crippen LogP contribution in [-0.4, -0.2) is 6.04 Å². The largest absolute Gasteiger partial charge is 0.489 e. The zero-order valence-electron chi connectivity index (χ0n) is 11.7. The van der Waals surface area contributed by atoms with Gasteiger partial charge in [0.1, 0.15) is 12.4 Å². The van der Waals surface area contributed by atoms with E-state index in [2.05, 4.69) is 12.1 Å². The Kier molecular flexibility index (Phi) is 5.45. The predicted octanol–water partition coefficient (Wildman–Crippen LogP) is 4.20. The van der Waals surface area contributed by atoms with Gasteiger partial charge in [-0.1, -0.05) is 35.9 Å². The van der Waals surface area contributed by atoms with Gasteiger partial charge in [-0.05, 0) is 55.2 Å². The van der Waals surface area contributed by atoms with Gasteiger partial charge < -0.3 is 10.5 Å². The summed E-state index contributed by atoms with van der Waals surface area (Å²) in [5.41, 5.74) is 8.16. The lowest BCUT2D eigenvalue weighted by Gasteiger charge is -2.08. The second-order valence-electron chi connectivity index (χ2n) is 5.08. The van der Waals surface area contributed by atoms with Crippen molar-refractivity contribution < 1.29 is 4.74 Å². The number of nitrogens with two attached hydrogens (primary N) is 1. The molecule has 0 radical (unpaired) electrons. The Morgan fingerprint density at radius 3 is 2.20 bits per heavy atom. The van der Waals surface area contributed by atoms with Crippen molar-refractivity contribution in [2.24, 2.45) is 5.73 Å². The molecule has 0 bridgehead atoms. The summed E-state index contributed by atoms with van der Waals surface area (Å²) in [6.45, 7) is 2.58. The maximum atomic E-state index is 5.85. The Balaban J connectivity index is 1.85. The van der Waals surface area contributed by atoms with E-state index in [0.29, 0.717) is 6.61 Å². The Morgan fingerprint density at radius 1 is 1.00 bits per heavy atom. The summed E-state index contributed by atoms with van der Waals surface area (Å²) < 4.78 is 5.74. The molecule has 106 valence electrons. The average molecular weight is 290 g/mol. The van der Waals surface area contributed by atoms with Crippen LogP contribution >= 0.6 is 11.6 Å². The Labute approximate surface area is 125 Å². The molecule has 2 aromatic rings. The summed E-state index contributed by atoms with van der Waals surface area (Å²) in [6, 6.07) is 16.1. The number of halogens is 1. The minimum Gasteiger partial charge on any atom is -0.489 e. The van der Waals surface area contributed by atoms with Crippen LogP contribution in [0.3, 0.4) is 0 Å². The molecule has 0 aromatic heterocycles. The van der Waals surface area contributed by atoms with Crippen LogP contribution in [0, 0.1) is 0 Å². The highest BCUT2D eigenvalue weighted by Gasteiger charge is 1.99.